The third-order valence-corrected chi connectivity index (χ3v) is 2.31. The fraction of sp³-hybridized carbons (Fsp3) is 0.200. The summed E-state index contributed by atoms with van der Waals surface area (Å²) < 4.78 is 6.01. The molecule has 2 rings (SSSR count). The highest BCUT2D eigenvalue weighted by Gasteiger charge is 2.16. The molecule has 17 heavy (non-hydrogen) atoms. The zero-order chi connectivity index (χ0) is 12.6. The van der Waals surface area contributed by atoms with E-state index in [1.807, 2.05) is 0 Å². The number of methoxy groups -OCH3 is 1. The Kier molecular flexibility index (Phi) is 2.51. The highest BCUT2D eigenvalue weighted by Crippen LogP contribution is 2.12. The number of aromatic nitrogens is 3. The van der Waals surface area contributed by atoms with Crippen LogP contribution < -0.4 is 5.73 Å². The molecule has 0 aliphatic carbocycles. The van der Waals surface area contributed by atoms with Gasteiger partial charge in [-0.1, -0.05) is 0 Å². The number of ether oxygens (including phenoxy) is 1. The molecule has 0 spiro atoms. The number of carbonyl (C=O) groups is 2. The summed E-state index contributed by atoms with van der Waals surface area (Å²) in [6.07, 6.45) is 1.32. The third kappa shape index (κ3) is 1.71. The second-order valence-corrected chi connectivity index (χ2v) is 3.43. The normalized spacial score (nSPS) is 10.5. The van der Waals surface area contributed by atoms with Crippen LogP contribution in [0.3, 0.4) is 0 Å². The average molecular weight is 234 g/mol. The number of hydrogen-bond donors (Lipinski definition) is 1. The van der Waals surface area contributed by atoms with E-state index in [1.54, 1.807) is 6.92 Å². The number of fused-ring (bicyclic) bond motifs is 1. The minimum atomic E-state index is -0.645. The summed E-state index contributed by atoms with van der Waals surface area (Å²) >= 11 is 0. The second-order valence-electron chi connectivity index (χ2n) is 3.43. The van der Waals surface area contributed by atoms with E-state index in [0.29, 0.717) is 5.69 Å². The number of hydrogen-bond acceptors (Lipinski definition) is 5. The predicted octanol–water partition coefficient (Wildman–Crippen LogP) is -0.0768. The second kappa shape index (κ2) is 3.85. The SMILES string of the molecule is COC(=O)c1cc(C)n2ncc(C(N)=O)c2n1. The molecule has 0 fully saturated rings. The van der Waals surface area contributed by atoms with Crippen molar-refractivity contribution in [3.05, 3.63) is 29.2 Å². The molecule has 7 heteroatoms. The van der Waals surface area contributed by atoms with Gasteiger partial charge in [-0.05, 0) is 13.0 Å². The minimum absolute atomic E-state index is 0.112. The molecular formula is C10H10N4O3. The van der Waals surface area contributed by atoms with E-state index in [0.717, 1.165) is 0 Å². The van der Waals surface area contributed by atoms with E-state index in [4.69, 9.17) is 5.73 Å². The van der Waals surface area contributed by atoms with Crippen LogP contribution in [0.4, 0.5) is 0 Å². The molecule has 0 radical (unpaired) electrons. The van der Waals surface area contributed by atoms with Crippen LogP contribution in [0.25, 0.3) is 5.65 Å². The van der Waals surface area contributed by atoms with Gasteiger partial charge in [-0.2, -0.15) is 5.10 Å². The predicted molar refractivity (Wildman–Crippen MR) is 57.6 cm³/mol. The molecule has 2 aromatic rings. The summed E-state index contributed by atoms with van der Waals surface area (Å²) in [6, 6.07) is 1.52. The van der Waals surface area contributed by atoms with Crippen LogP contribution in [0.1, 0.15) is 26.5 Å². The van der Waals surface area contributed by atoms with Crippen molar-refractivity contribution >= 4 is 17.5 Å². The Bertz CT molecular complexity index is 617. The first kappa shape index (κ1) is 11.1. The lowest BCUT2D eigenvalue weighted by Gasteiger charge is -2.03. The Labute approximate surface area is 96.2 Å². The highest BCUT2D eigenvalue weighted by molar-refractivity contribution is 5.99. The molecule has 1 amide bonds. The summed E-state index contributed by atoms with van der Waals surface area (Å²) in [5.41, 5.74) is 6.37. The number of amides is 1. The van der Waals surface area contributed by atoms with Crippen molar-refractivity contribution in [2.45, 2.75) is 6.92 Å². The van der Waals surface area contributed by atoms with Crippen LogP contribution in [0, 0.1) is 6.92 Å². The summed E-state index contributed by atoms with van der Waals surface area (Å²) in [7, 11) is 1.26. The van der Waals surface area contributed by atoms with Crippen molar-refractivity contribution in [3.63, 3.8) is 0 Å². The zero-order valence-electron chi connectivity index (χ0n) is 9.30. The molecule has 0 bridgehead atoms. The van der Waals surface area contributed by atoms with Gasteiger partial charge in [-0.3, -0.25) is 4.79 Å². The van der Waals surface area contributed by atoms with Gasteiger partial charge in [-0.25, -0.2) is 14.3 Å². The summed E-state index contributed by atoms with van der Waals surface area (Å²) in [5.74, 6) is -1.22. The minimum Gasteiger partial charge on any atom is -0.464 e. The fourth-order valence-electron chi connectivity index (χ4n) is 1.50. The summed E-state index contributed by atoms with van der Waals surface area (Å²) in [4.78, 5) is 26.5. The average Bonchev–Trinajstić information content (AvgIpc) is 2.72. The van der Waals surface area contributed by atoms with E-state index in [2.05, 4.69) is 14.8 Å². The zero-order valence-corrected chi connectivity index (χ0v) is 9.30. The van der Waals surface area contributed by atoms with Gasteiger partial charge < -0.3 is 10.5 Å². The van der Waals surface area contributed by atoms with Gasteiger partial charge in [0.25, 0.3) is 5.91 Å². The maximum Gasteiger partial charge on any atom is 0.356 e. The van der Waals surface area contributed by atoms with Crippen LogP contribution in [-0.2, 0) is 4.74 Å². The van der Waals surface area contributed by atoms with Gasteiger partial charge in [-0.15, -0.1) is 0 Å². The molecule has 2 N–H and O–H groups in total. The molecular weight excluding hydrogens is 224 g/mol. The Morgan fingerprint density at radius 3 is 2.76 bits per heavy atom. The van der Waals surface area contributed by atoms with Gasteiger partial charge in [0, 0.05) is 5.69 Å². The maximum absolute atomic E-state index is 11.4. The highest BCUT2D eigenvalue weighted by atomic mass is 16.5. The van der Waals surface area contributed by atoms with Crippen molar-refractivity contribution in [2.75, 3.05) is 7.11 Å². The Morgan fingerprint density at radius 2 is 2.18 bits per heavy atom. The molecule has 88 valence electrons. The van der Waals surface area contributed by atoms with Gasteiger partial charge in [0.15, 0.2) is 11.3 Å². The van der Waals surface area contributed by atoms with Crippen molar-refractivity contribution in [2.24, 2.45) is 5.73 Å². The molecule has 0 saturated carbocycles. The van der Waals surface area contributed by atoms with Gasteiger partial charge in [0.1, 0.15) is 5.56 Å². The Balaban J connectivity index is 2.73. The number of rotatable bonds is 2. The van der Waals surface area contributed by atoms with Crippen molar-refractivity contribution in [1.82, 2.24) is 14.6 Å². The monoisotopic (exact) mass is 234 g/mol. The Hall–Kier alpha value is -2.44. The molecule has 0 aromatic carbocycles. The van der Waals surface area contributed by atoms with Crippen LogP contribution in [0.15, 0.2) is 12.3 Å². The van der Waals surface area contributed by atoms with Crippen molar-refractivity contribution < 1.29 is 14.3 Å². The quantitative estimate of drug-likeness (QED) is 0.733. The first-order chi connectivity index (χ1) is 8.04. The maximum atomic E-state index is 11.4. The van der Waals surface area contributed by atoms with E-state index in [9.17, 15) is 9.59 Å². The van der Waals surface area contributed by atoms with Crippen LogP contribution in [-0.4, -0.2) is 33.6 Å². The molecule has 7 nitrogen and oxygen atoms in total. The molecule has 0 saturated heterocycles. The largest absolute Gasteiger partial charge is 0.464 e. The fourth-order valence-corrected chi connectivity index (χ4v) is 1.50. The molecule has 0 atom stereocenters. The first-order valence-corrected chi connectivity index (χ1v) is 4.78. The third-order valence-electron chi connectivity index (χ3n) is 2.31. The summed E-state index contributed by atoms with van der Waals surface area (Å²) in [6.45, 7) is 1.74. The summed E-state index contributed by atoms with van der Waals surface area (Å²) in [5, 5.41) is 3.97. The topological polar surface area (TPSA) is 99.6 Å². The number of primary amides is 1. The lowest BCUT2D eigenvalue weighted by molar-refractivity contribution is 0.0593. The molecule has 2 heterocycles. The first-order valence-electron chi connectivity index (χ1n) is 4.78. The number of aryl methyl sites for hydroxylation is 1. The van der Waals surface area contributed by atoms with Gasteiger partial charge in [0.2, 0.25) is 0 Å². The molecule has 0 unspecified atom stereocenters. The van der Waals surface area contributed by atoms with Crippen LogP contribution in [0.5, 0.6) is 0 Å². The van der Waals surface area contributed by atoms with Crippen LogP contribution >= 0.6 is 0 Å². The number of esters is 1. The van der Waals surface area contributed by atoms with E-state index in [-0.39, 0.29) is 16.9 Å². The number of nitrogens with two attached hydrogens (primary N) is 1. The number of nitrogens with zero attached hydrogens (tertiary/aromatic N) is 3. The lowest BCUT2D eigenvalue weighted by atomic mass is 10.3. The number of carbonyl (C=O) groups excluding carboxylic acids is 2. The van der Waals surface area contributed by atoms with E-state index < -0.39 is 11.9 Å². The van der Waals surface area contributed by atoms with Crippen molar-refractivity contribution in [1.29, 1.82) is 0 Å². The van der Waals surface area contributed by atoms with E-state index in [1.165, 1.54) is 23.9 Å². The van der Waals surface area contributed by atoms with Gasteiger partial charge >= 0.3 is 5.97 Å². The molecule has 2 aromatic heterocycles. The van der Waals surface area contributed by atoms with Gasteiger partial charge in [0.05, 0.1) is 13.3 Å². The Morgan fingerprint density at radius 1 is 1.47 bits per heavy atom. The van der Waals surface area contributed by atoms with Crippen molar-refractivity contribution in [3.8, 4) is 0 Å². The van der Waals surface area contributed by atoms with Crippen LogP contribution in [0.2, 0.25) is 0 Å². The standard InChI is InChI=1S/C10H10N4O3/c1-5-3-7(10(16)17-2)13-9-6(8(11)15)4-12-14(5)9/h3-4H,1-2H3,(H2,11,15). The molecule has 0 aliphatic rings. The van der Waals surface area contributed by atoms with E-state index >= 15 is 0 Å². The smallest absolute Gasteiger partial charge is 0.356 e. The molecule has 0 aliphatic heterocycles. The lowest BCUT2D eigenvalue weighted by Crippen LogP contribution is -2.13.